The first-order valence-electron chi connectivity index (χ1n) is 6.18. The summed E-state index contributed by atoms with van der Waals surface area (Å²) in [7, 11) is 0. The molecule has 0 bridgehead atoms. The van der Waals surface area contributed by atoms with Gasteiger partial charge in [0.2, 0.25) is 0 Å². The van der Waals surface area contributed by atoms with Gasteiger partial charge in [0.05, 0.1) is 0 Å². The third-order valence-electron chi connectivity index (χ3n) is 2.72. The lowest BCUT2D eigenvalue weighted by Gasteiger charge is -2.24. The van der Waals surface area contributed by atoms with Gasteiger partial charge >= 0.3 is 0 Å². The van der Waals surface area contributed by atoms with Crippen molar-refractivity contribution in [3.63, 3.8) is 0 Å². The van der Waals surface area contributed by atoms with Gasteiger partial charge in [-0.1, -0.05) is 31.5 Å². The fourth-order valence-corrected chi connectivity index (χ4v) is 1.71. The number of anilines is 1. The van der Waals surface area contributed by atoms with Crippen molar-refractivity contribution < 1.29 is 0 Å². The molecule has 2 heteroatoms. The zero-order valence-corrected chi connectivity index (χ0v) is 11.0. The molecule has 0 aliphatic heterocycles. The van der Waals surface area contributed by atoms with Crippen molar-refractivity contribution in [1.82, 2.24) is 5.32 Å². The van der Waals surface area contributed by atoms with Gasteiger partial charge in [0, 0.05) is 31.4 Å². The molecule has 0 radical (unpaired) electrons. The topological polar surface area (TPSA) is 15.3 Å². The quantitative estimate of drug-likeness (QED) is 0.793. The highest BCUT2D eigenvalue weighted by Crippen LogP contribution is 2.14. The SMILES string of the molecule is CCN(CCNC(C)C)c1ccc(C)cc1. The maximum atomic E-state index is 3.45. The number of benzene rings is 1. The summed E-state index contributed by atoms with van der Waals surface area (Å²) in [6, 6.07) is 9.32. The van der Waals surface area contributed by atoms with Crippen molar-refractivity contribution in [1.29, 1.82) is 0 Å². The van der Waals surface area contributed by atoms with E-state index in [9.17, 15) is 0 Å². The van der Waals surface area contributed by atoms with Gasteiger partial charge in [-0.3, -0.25) is 0 Å². The Morgan fingerprint density at radius 3 is 2.31 bits per heavy atom. The predicted octanol–water partition coefficient (Wildman–Crippen LogP) is 2.82. The van der Waals surface area contributed by atoms with Gasteiger partial charge in [0.25, 0.3) is 0 Å². The van der Waals surface area contributed by atoms with Crippen molar-refractivity contribution >= 4 is 5.69 Å². The molecule has 0 amide bonds. The minimum Gasteiger partial charge on any atom is -0.371 e. The van der Waals surface area contributed by atoms with Crippen molar-refractivity contribution in [2.75, 3.05) is 24.5 Å². The smallest absolute Gasteiger partial charge is 0.0366 e. The highest BCUT2D eigenvalue weighted by molar-refractivity contribution is 5.47. The Morgan fingerprint density at radius 2 is 1.81 bits per heavy atom. The molecule has 0 fully saturated rings. The summed E-state index contributed by atoms with van der Waals surface area (Å²) in [5.41, 5.74) is 2.64. The molecule has 1 rings (SSSR count). The lowest BCUT2D eigenvalue weighted by molar-refractivity contribution is 0.583. The Labute approximate surface area is 99.7 Å². The summed E-state index contributed by atoms with van der Waals surface area (Å²) < 4.78 is 0. The van der Waals surface area contributed by atoms with Crippen LogP contribution in [0.1, 0.15) is 26.3 Å². The van der Waals surface area contributed by atoms with E-state index >= 15 is 0 Å². The van der Waals surface area contributed by atoms with E-state index in [4.69, 9.17) is 0 Å². The maximum absolute atomic E-state index is 3.45. The molecule has 1 N–H and O–H groups in total. The van der Waals surface area contributed by atoms with E-state index in [1.165, 1.54) is 11.3 Å². The van der Waals surface area contributed by atoms with Crippen LogP contribution in [0, 0.1) is 6.92 Å². The minimum atomic E-state index is 0.566. The number of aryl methyl sites for hydroxylation is 1. The molecule has 0 unspecified atom stereocenters. The largest absolute Gasteiger partial charge is 0.371 e. The molecule has 0 aliphatic rings. The van der Waals surface area contributed by atoms with E-state index in [-0.39, 0.29) is 0 Å². The molecule has 0 heterocycles. The summed E-state index contributed by atoms with van der Waals surface area (Å²) >= 11 is 0. The molecule has 0 aromatic heterocycles. The Hall–Kier alpha value is -1.02. The van der Waals surface area contributed by atoms with Crippen LogP contribution in [0.15, 0.2) is 24.3 Å². The van der Waals surface area contributed by atoms with Crippen LogP contribution in [-0.2, 0) is 0 Å². The lowest BCUT2D eigenvalue weighted by Crippen LogP contribution is -2.34. The van der Waals surface area contributed by atoms with E-state index < -0.39 is 0 Å². The number of nitrogens with zero attached hydrogens (tertiary/aromatic N) is 1. The zero-order chi connectivity index (χ0) is 12.0. The van der Waals surface area contributed by atoms with Crippen LogP contribution < -0.4 is 10.2 Å². The number of hydrogen-bond donors (Lipinski definition) is 1. The van der Waals surface area contributed by atoms with Crippen LogP contribution in [0.3, 0.4) is 0 Å². The van der Waals surface area contributed by atoms with Crippen LogP contribution in [-0.4, -0.2) is 25.7 Å². The molecule has 0 atom stereocenters. The first kappa shape index (κ1) is 13.0. The second-order valence-electron chi connectivity index (χ2n) is 4.52. The van der Waals surface area contributed by atoms with Crippen molar-refractivity contribution in [2.24, 2.45) is 0 Å². The molecule has 0 spiro atoms. The normalized spacial score (nSPS) is 10.8. The summed E-state index contributed by atoms with van der Waals surface area (Å²) in [4.78, 5) is 2.40. The van der Waals surface area contributed by atoms with Crippen LogP contribution in [0.2, 0.25) is 0 Å². The molecule has 2 nitrogen and oxygen atoms in total. The Bertz CT molecular complexity index is 290. The molecule has 90 valence electrons. The number of rotatable bonds is 6. The fourth-order valence-electron chi connectivity index (χ4n) is 1.71. The number of nitrogens with one attached hydrogen (secondary N) is 1. The van der Waals surface area contributed by atoms with E-state index in [1.807, 2.05) is 0 Å². The van der Waals surface area contributed by atoms with Crippen molar-refractivity contribution in [3.8, 4) is 0 Å². The molecule has 0 saturated heterocycles. The summed E-state index contributed by atoms with van der Waals surface area (Å²) in [6.07, 6.45) is 0. The highest BCUT2D eigenvalue weighted by atomic mass is 15.1. The molecular formula is C14H24N2. The van der Waals surface area contributed by atoms with Crippen LogP contribution in [0.5, 0.6) is 0 Å². The maximum Gasteiger partial charge on any atom is 0.0366 e. The summed E-state index contributed by atoms with van der Waals surface area (Å²) in [6.45, 7) is 11.9. The zero-order valence-electron chi connectivity index (χ0n) is 11.0. The Morgan fingerprint density at radius 1 is 1.19 bits per heavy atom. The highest BCUT2D eigenvalue weighted by Gasteiger charge is 2.03. The van der Waals surface area contributed by atoms with Crippen LogP contribution >= 0.6 is 0 Å². The first-order valence-corrected chi connectivity index (χ1v) is 6.18. The second-order valence-corrected chi connectivity index (χ2v) is 4.52. The monoisotopic (exact) mass is 220 g/mol. The van der Waals surface area contributed by atoms with Gasteiger partial charge in [-0.25, -0.2) is 0 Å². The van der Waals surface area contributed by atoms with Crippen LogP contribution in [0.4, 0.5) is 5.69 Å². The van der Waals surface area contributed by atoms with Crippen molar-refractivity contribution in [2.45, 2.75) is 33.7 Å². The molecule has 1 aromatic rings. The molecule has 0 aliphatic carbocycles. The molecule has 0 saturated carbocycles. The van der Waals surface area contributed by atoms with Gasteiger partial charge in [-0.2, -0.15) is 0 Å². The molecule has 1 aromatic carbocycles. The summed E-state index contributed by atoms with van der Waals surface area (Å²) in [5, 5.41) is 3.45. The number of hydrogen-bond acceptors (Lipinski definition) is 2. The Balaban J connectivity index is 2.50. The van der Waals surface area contributed by atoms with E-state index in [0.717, 1.165) is 19.6 Å². The average molecular weight is 220 g/mol. The molecule has 16 heavy (non-hydrogen) atoms. The van der Waals surface area contributed by atoms with Gasteiger partial charge in [0.15, 0.2) is 0 Å². The van der Waals surface area contributed by atoms with Gasteiger partial charge < -0.3 is 10.2 Å². The van der Waals surface area contributed by atoms with Gasteiger partial charge in [0.1, 0.15) is 0 Å². The van der Waals surface area contributed by atoms with E-state index in [1.54, 1.807) is 0 Å². The van der Waals surface area contributed by atoms with Gasteiger partial charge in [-0.05, 0) is 26.0 Å². The second kappa shape index (κ2) is 6.54. The Kier molecular flexibility index (Phi) is 5.33. The third-order valence-corrected chi connectivity index (χ3v) is 2.72. The van der Waals surface area contributed by atoms with Gasteiger partial charge in [-0.15, -0.1) is 0 Å². The first-order chi connectivity index (χ1) is 7.63. The minimum absolute atomic E-state index is 0.566. The number of likely N-dealkylation sites (N-methyl/N-ethyl adjacent to an activating group) is 1. The predicted molar refractivity (Wildman–Crippen MR) is 72.2 cm³/mol. The van der Waals surface area contributed by atoms with Crippen molar-refractivity contribution in [3.05, 3.63) is 29.8 Å². The standard InChI is InChI=1S/C14H24N2/c1-5-16(11-10-15-12(2)3)14-8-6-13(4)7-9-14/h6-9,12,15H,5,10-11H2,1-4H3. The fraction of sp³-hybridized carbons (Fsp3) is 0.571. The summed E-state index contributed by atoms with van der Waals surface area (Å²) in [5.74, 6) is 0. The average Bonchev–Trinajstić information content (AvgIpc) is 2.26. The lowest BCUT2D eigenvalue weighted by atomic mass is 10.2. The third kappa shape index (κ3) is 4.23. The van der Waals surface area contributed by atoms with E-state index in [0.29, 0.717) is 6.04 Å². The van der Waals surface area contributed by atoms with E-state index in [2.05, 4.69) is 62.2 Å². The molecular weight excluding hydrogens is 196 g/mol. The van der Waals surface area contributed by atoms with Crippen LogP contribution in [0.25, 0.3) is 0 Å².